The van der Waals surface area contributed by atoms with Crippen LogP contribution >= 0.6 is 23.2 Å². The van der Waals surface area contributed by atoms with Gasteiger partial charge in [0.2, 0.25) is 17.7 Å². The van der Waals surface area contributed by atoms with Gasteiger partial charge in [0.1, 0.15) is 0 Å². The lowest BCUT2D eigenvalue weighted by atomic mass is 9.89. The van der Waals surface area contributed by atoms with Crippen molar-refractivity contribution in [3.8, 4) is 39.4 Å². The van der Waals surface area contributed by atoms with E-state index in [-0.39, 0.29) is 29.9 Å². The molecule has 2 aromatic carbocycles. The van der Waals surface area contributed by atoms with E-state index in [4.69, 9.17) is 37.9 Å². The number of amides is 2. The Balaban J connectivity index is 1.10. The Hall–Kier alpha value is -4.02. The average Bonchev–Trinajstić information content (AvgIpc) is 3.74. The molecule has 11 heteroatoms. The number of aromatic nitrogens is 2. The van der Waals surface area contributed by atoms with Crippen molar-refractivity contribution in [1.29, 1.82) is 0 Å². The number of carbonyl (C=O) groups excluding carboxylic acids is 2. The molecule has 3 aliphatic rings. The number of hydrogen-bond donors (Lipinski definition) is 4. The fourth-order valence-corrected chi connectivity index (χ4v) is 7.83. The zero-order valence-electron chi connectivity index (χ0n) is 27.5. The molecule has 0 spiro atoms. The summed E-state index contributed by atoms with van der Waals surface area (Å²) in [6.45, 7) is 2.00. The van der Waals surface area contributed by atoms with Gasteiger partial charge < -0.3 is 26.0 Å². The minimum atomic E-state index is 0.105. The summed E-state index contributed by atoms with van der Waals surface area (Å²) >= 11 is 14.3. The second-order valence-corrected chi connectivity index (χ2v) is 13.8. The van der Waals surface area contributed by atoms with Crippen LogP contribution in [0.1, 0.15) is 61.4 Å². The number of nitrogens with one attached hydrogen (secondary N) is 4. The van der Waals surface area contributed by atoms with E-state index in [1.54, 1.807) is 7.11 Å². The van der Waals surface area contributed by atoms with Gasteiger partial charge in [-0.05, 0) is 49.8 Å². The minimum Gasteiger partial charge on any atom is -0.481 e. The Morgan fingerprint density at radius 3 is 2.20 bits per heavy atom. The summed E-state index contributed by atoms with van der Waals surface area (Å²) in [4.78, 5) is 32.9. The van der Waals surface area contributed by atoms with Crippen molar-refractivity contribution in [1.82, 2.24) is 31.2 Å². The van der Waals surface area contributed by atoms with Crippen molar-refractivity contribution >= 4 is 35.0 Å². The number of carbonyl (C=O) groups is 2. The molecule has 0 saturated carbocycles. The Bertz CT molecular complexity index is 1880. The van der Waals surface area contributed by atoms with E-state index in [0.29, 0.717) is 47.6 Å². The van der Waals surface area contributed by atoms with Crippen LogP contribution in [0.3, 0.4) is 0 Å². The number of halogens is 2. The maximum atomic E-state index is 11.6. The second-order valence-electron chi connectivity index (χ2n) is 13.1. The monoisotopic (exact) mass is 698 g/mol. The number of aryl methyl sites for hydroxylation is 1. The molecule has 2 amide bonds. The molecule has 4 N–H and O–H groups in total. The second kappa shape index (κ2) is 14.8. The summed E-state index contributed by atoms with van der Waals surface area (Å²) in [6.07, 6.45) is 7.86. The minimum absolute atomic E-state index is 0.105. The normalized spacial score (nSPS) is 20.2. The Kier molecular flexibility index (Phi) is 10.1. The van der Waals surface area contributed by atoms with Gasteiger partial charge in [-0.3, -0.25) is 14.6 Å². The number of rotatable bonds is 11. The third kappa shape index (κ3) is 7.31. The van der Waals surface area contributed by atoms with Gasteiger partial charge in [-0.15, -0.1) is 0 Å². The fourth-order valence-electron chi connectivity index (χ4n) is 7.17. The highest BCUT2D eigenvalue weighted by Crippen LogP contribution is 2.43. The van der Waals surface area contributed by atoms with Crippen LogP contribution < -0.4 is 26.0 Å². The van der Waals surface area contributed by atoms with Gasteiger partial charge >= 0.3 is 0 Å². The van der Waals surface area contributed by atoms with Gasteiger partial charge in [-0.2, -0.15) is 0 Å². The molecule has 2 saturated heterocycles. The van der Waals surface area contributed by atoms with Crippen molar-refractivity contribution in [2.24, 2.45) is 0 Å². The molecule has 254 valence electrons. The van der Waals surface area contributed by atoms with Crippen LogP contribution in [0.5, 0.6) is 5.88 Å². The third-order valence-corrected chi connectivity index (χ3v) is 10.6. The number of pyridine rings is 2. The first-order valence-electron chi connectivity index (χ1n) is 17.0. The van der Waals surface area contributed by atoms with Crippen LogP contribution in [0.15, 0.2) is 60.8 Å². The number of fused-ring (bicyclic) bond motifs is 1. The van der Waals surface area contributed by atoms with Crippen LogP contribution in [-0.4, -0.2) is 54.1 Å². The maximum Gasteiger partial charge on any atom is 0.220 e. The fraction of sp³-hybridized carbons (Fsp3) is 0.368. The predicted molar refractivity (Wildman–Crippen MR) is 193 cm³/mol. The molecule has 2 aromatic heterocycles. The largest absolute Gasteiger partial charge is 0.481 e. The van der Waals surface area contributed by atoms with Crippen LogP contribution in [-0.2, 0) is 22.6 Å². The van der Waals surface area contributed by atoms with Crippen molar-refractivity contribution in [3.05, 3.63) is 87.7 Å². The van der Waals surface area contributed by atoms with Gasteiger partial charge in [-0.1, -0.05) is 65.7 Å². The summed E-state index contributed by atoms with van der Waals surface area (Å²) in [5.74, 6) is 0.757. The SMILES string of the molecule is COc1nc(-c2cccc(-c3cccc(-c4cnc5c(c4)CCC[C@@H]5NC[C@H]4CCC(=O)N4)c3Cl)c2Cl)ccc1CNC[C@H]1CCC(=O)N1. The van der Waals surface area contributed by atoms with E-state index in [9.17, 15) is 9.59 Å². The first kappa shape index (κ1) is 33.5. The Morgan fingerprint density at radius 2 is 1.51 bits per heavy atom. The first-order valence-corrected chi connectivity index (χ1v) is 17.8. The number of benzene rings is 2. The maximum absolute atomic E-state index is 11.6. The highest BCUT2D eigenvalue weighted by atomic mass is 35.5. The molecule has 9 nitrogen and oxygen atoms in total. The standard InChI is InChI=1S/C38H40Cl2N6O3/c1-49-38-23(18-41-20-25-12-15-33(47)44-25)11-14-31(46-38)30-9-4-8-29(36(30)40)28-7-3-6-27(35(28)39)24-17-22-5-2-10-32(37(22)43-19-24)42-21-26-13-16-34(48)45-26/h3-4,6-9,11,14,17,19,25-26,32,41-42H,2,5,10,12-13,15-16,18,20-21H2,1H3,(H,44,47)(H,45,48)/t25-,26-,32+/m1/s1. The number of hydrogen-bond acceptors (Lipinski definition) is 7. The molecule has 49 heavy (non-hydrogen) atoms. The molecular formula is C38H40Cl2N6O3. The highest BCUT2D eigenvalue weighted by molar-refractivity contribution is 6.39. The lowest BCUT2D eigenvalue weighted by Crippen LogP contribution is -2.38. The Labute approximate surface area is 296 Å². The van der Waals surface area contributed by atoms with Gasteiger partial charge in [0.15, 0.2) is 0 Å². The molecule has 0 unspecified atom stereocenters. The molecule has 2 aliphatic heterocycles. The summed E-state index contributed by atoms with van der Waals surface area (Å²) in [6, 6.07) is 18.5. The zero-order chi connectivity index (χ0) is 33.9. The summed E-state index contributed by atoms with van der Waals surface area (Å²) in [5.41, 5.74) is 8.19. The molecule has 1 aliphatic carbocycles. The van der Waals surface area contributed by atoms with Crippen molar-refractivity contribution in [2.75, 3.05) is 20.2 Å². The summed E-state index contributed by atoms with van der Waals surface area (Å²) in [7, 11) is 1.61. The van der Waals surface area contributed by atoms with Crippen molar-refractivity contribution in [3.63, 3.8) is 0 Å². The van der Waals surface area contributed by atoms with E-state index >= 15 is 0 Å². The first-order chi connectivity index (χ1) is 23.9. The van der Waals surface area contributed by atoms with Gasteiger partial charge in [0, 0.05) is 90.2 Å². The van der Waals surface area contributed by atoms with E-state index in [2.05, 4.69) is 27.3 Å². The lowest BCUT2D eigenvalue weighted by molar-refractivity contribution is -0.120. The number of methoxy groups -OCH3 is 1. The molecule has 0 bridgehead atoms. The third-order valence-electron chi connectivity index (χ3n) is 9.76. The summed E-state index contributed by atoms with van der Waals surface area (Å²) in [5, 5.41) is 14.2. The molecule has 4 aromatic rings. The Morgan fingerprint density at radius 1 is 0.837 bits per heavy atom. The molecule has 4 heterocycles. The highest BCUT2D eigenvalue weighted by Gasteiger charge is 2.26. The van der Waals surface area contributed by atoms with Crippen LogP contribution in [0.25, 0.3) is 33.5 Å². The molecular weight excluding hydrogens is 659 g/mol. The van der Waals surface area contributed by atoms with Crippen LogP contribution in [0.4, 0.5) is 0 Å². The average molecular weight is 700 g/mol. The quantitative estimate of drug-likeness (QED) is 0.143. The van der Waals surface area contributed by atoms with E-state index in [1.165, 1.54) is 5.56 Å². The molecule has 3 atom stereocenters. The zero-order valence-corrected chi connectivity index (χ0v) is 29.0. The summed E-state index contributed by atoms with van der Waals surface area (Å²) < 4.78 is 5.66. The van der Waals surface area contributed by atoms with E-state index < -0.39 is 0 Å². The number of nitrogens with zero attached hydrogens (tertiary/aromatic N) is 2. The molecule has 2 fully saturated rings. The molecule has 7 rings (SSSR count). The van der Waals surface area contributed by atoms with Gasteiger partial charge in [-0.25, -0.2) is 4.98 Å². The predicted octanol–water partition coefficient (Wildman–Crippen LogP) is 6.41. The van der Waals surface area contributed by atoms with Crippen molar-refractivity contribution < 1.29 is 14.3 Å². The number of ether oxygens (including phenoxy) is 1. The molecule has 0 radical (unpaired) electrons. The van der Waals surface area contributed by atoms with E-state index in [0.717, 1.165) is 77.7 Å². The van der Waals surface area contributed by atoms with Gasteiger partial charge in [0.05, 0.1) is 28.5 Å². The van der Waals surface area contributed by atoms with Crippen LogP contribution in [0, 0.1) is 0 Å². The van der Waals surface area contributed by atoms with Crippen LogP contribution in [0.2, 0.25) is 10.0 Å². The lowest BCUT2D eigenvalue weighted by Gasteiger charge is -2.27. The smallest absolute Gasteiger partial charge is 0.220 e. The van der Waals surface area contributed by atoms with Crippen molar-refractivity contribution in [2.45, 2.75) is 69.6 Å². The van der Waals surface area contributed by atoms with E-state index in [1.807, 2.05) is 54.7 Å². The topological polar surface area (TPSA) is 117 Å². The van der Waals surface area contributed by atoms with Gasteiger partial charge in [0.25, 0.3) is 0 Å².